The Bertz CT molecular complexity index is 478. The predicted octanol–water partition coefficient (Wildman–Crippen LogP) is 2.95. The molecule has 0 atom stereocenters. The summed E-state index contributed by atoms with van der Waals surface area (Å²) in [4.78, 5) is 5.68. The van der Waals surface area contributed by atoms with Crippen LogP contribution in [0, 0.1) is 5.95 Å². The first-order valence-electron chi connectivity index (χ1n) is 5.06. The second kappa shape index (κ2) is 4.31. The Kier molecular flexibility index (Phi) is 2.86. The maximum Gasteiger partial charge on any atom is 0.212 e. The highest BCUT2D eigenvalue weighted by atomic mass is 19.1. The summed E-state index contributed by atoms with van der Waals surface area (Å²) in [6.07, 6.45) is 1.55. The van der Waals surface area contributed by atoms with E-state index >= 15 is 0 Å². The first-order valence-corrected chi connectivity index (χ1v) is 5.06. The Balaban J connectivity index is 2.40. The molecule has 2 aromatic rings. The number of nitrogens with zero attached hydrogens (tertiary/aromatic N) is 2. The summed E-state index contributed by atoms with van der Waals surface area (Å²) >= 11 is 0. The van der Waals surface area contributed by atoms with E-state index in [9.17, 15) is 4.39 Å². The zero-order valence-corrected chi connectivity index (χ0v) is 9.31. The molecule has 1 heterocycles. The van der Waals surface area contributed by atoms with E-state index in [2.05, 4.69) is 11.1 Å². The molecular weight excluding hydrogens is 203 g/mol. The van der Waals surface area contributed by atoms with E-state index in [1.165, 1.54) is 6.07 Å². The van der Waals surface area contributed by atoms with Crippen LogP contribution in [0.25, 0.3) is 11.1 Å². The molecule has 0 radical (unpaired) electrons. The summed E-state index contributed by atoms with van der Waals surface area (Å²) in [5, 5.41) is 0. The molecule has 0 aliphatic carbocycles. The fourth-order valence-electron chi connectivity index (χ4n) is 1.51. The number of hydrogen-bond donors (Lipinski definition) is 0. The Morgan fingerprint density at radius 2 is 1.88 bits per heavy atom. The van der Waals surface area contributed by atoms with E-state index < -0.39 is 5.95 Å². The lowest BCUT2D eigenvalue weighted by atomic mass is 10.1. The van der Waals surface area contributed by atoms with Gasteiger partial charge in [0.15, 0.2) is 0 Å². The van der Waals surface area contributed by atoms with Gasteiger partial charge in [0, 0.05) is 31.5 Å². The maximum absolute atomic E-state index is 12.7. The van der Waals surface area contributed by atoms with Crippen molar-refractivity contribution in [1.29, 1.82) is 0 Å². The van der Waals surface area contributed by atoms with Crippen LogP contribution in [0.15, 0.2) is 42.6 Å². The second-order valence-electron chi connectivity index (χ2n) is 3.81. The molecule has 3 heteroatoms. The highest BCUT2D eigenvalue weighted by Crippen LogP contribution is 2.23. The van der Waals surface area contributed by atoms with E-state index in [0.29, 0.717) is 0 Å². The smallest absolute Gasteiger partial charge is 0.212 e. The molecular formula is C13H13FN2. The summed E-state index contributed by atoms with van der Waals surface area (Å²) in [5.41, 5.74) is 3.07. The zero-order chi connectivity index (χ0) is 11.5. The van der Waals surface area contributed by atoms with Crippen LogP contribution >= 0.6 is 0 Å². The third-order valence-corrected chi connectivity index (χ3v) is 2.42. The third-order valence-electron chi connectivity index (χ3n) is 2.42. The van der Waals surface area contributed by atoms with Crippen LogP contribution in [-0.4, -0.2) is 19.1 Å². The monoisotopic (exact) mass is 216 g/mol. The molecule has 0 amide bonds. The first kappa shape index (κ1) is 10.6. The van der Waals surface area contributed by atoms with Crippen molar-refractivity contribution in [3.63, 3.8) is 0 Å². The van der Waals surface area contributed by atoms with Crippen LogP contribution in [0.5, 0.6) is 0 Å². The fraction of sp³-hybridized carbons (Fsp3) is 0.154. The van der Waals surface area contributed by atoms with E-state index in [1.807, 2.05) is 37.2 Å². The Morgan fingerprint density at radius 3 is 2.50 bits per heavy atom. The van der Waals surface area contributed by atoms with Gasteiger partial charge in [-0.2, -0.15) is 4.39 Å². The molecule has 2 nitrogen and oxygen atoms in total. The minimum Gasteiger partial charge on any atom is -0.378 e. The minimum absolute atomic E-state index is 0.451. The number of hydrogen-bond acceptors (Lipinski definition) is 2. The Hall–Kier alpha value is -1.90. The van der Waals surface area contributed by atoms with E-state index in [-0.39, 0.29) is 0 Å². The molecule has 2 rings (SSSR count). The van der Waals surface area contributed by atoms with Crippen LogP contribution in [-0.2, 0) is 0 Å². The van der Waals surface area contributed by atoms with Crippen molar-refractivity contribution >= 4 is 5.69 Å². The van der Waals surface area contributed by atoms with Gasteiger partial charge >= 0.3 is 0 Å². The number of halogens is 1. The van der Waals surface area contributed by atoms with Gasteiger partial charge in [-0.1, -0.05) is 12.1 Å². The van der Waals surface area contributed by atoms with Gasteiger partial charge in [0.1, 0.15) is 0 Å². The van der Waals surface area contributed by atoms with Gasteiger partial charge < -0.3 is 4.90 Å². The molecule has 82 valence electrons. The molecule has 16 heavy (non-hydrogen) atoms. The lowest BCUT2D eigenvalue weighted by Crippen LogP contribution is -2.08. The van der Waals surface area contributed by atoms with Gasteiger partial charge in [-0.25, -0.2) is 4.98 Å². The lowest BCUT2D eigenvalue weighted by Gasteiger charge is -2.13. The number of anilines is 1. The van der Waals surface area contributed by atoms with Crippen molar-refractivity contribution in [1.82, 2.24) is 4.98 Å². The van der Waals surface area contributed by atoms with Crippen molar-refractivity contribution < 1.29 is 4.39 Å². The number of aromatic nitrogens is 1. The average Bonchev–Trinajstić information content (AvgIpc) is 2.30. The van der Waals surface area contributed by atoms with Crippen molar-refractivity contribution in [3.8, 4) is 11.1 Å². The summed E-state index contributed by atoms with van der Waals surface area (Å²) < 4.78 is 12.7. The summed E-state index contributed by atoms with van der Waals surface area (Å²) in [6.45, 7) is 0. The minimum atomic E-state index is -0.451. The normalized spacial score (nSPS) is 10.2. The van der Waals surface area contributed by atoms with E-state index in [4.69, 9.17) is 0 Å². The molecule has 0 unspecified atom stereocenters. The third kappa shape index (κ3) is 2.19. The van der Waals surface area contributed by atoms with Crippen LogP contribution in [0.4, 0.5) is 10.1 Å². The van der Waals surface area contributed by atoms with Gasteiger partial charge in [-0.15, -0.1) is 0 Å². The van der Waals surface area contributed by atoms with Gasteiger partial charge in [-0.05, 0) is 29.8 Å². The zero-order valence-electron chi connectivity index (χ0n) is 9.31. The molecule has 0 saturated heterocycles. The van der Waals surface area contributed by atoms with Crippen molar-refractivity contribution in [2.75, 3.05) is 19.0 Å². The first-order chi connectivity index (χ1) is 7.66. The Labute approximate surface area is 94.4 Å². The molecule has 0 aliphatic heterocycles. The molecule has 0 spiro atoms. The fourth-order valence-corrected chi connectivity index (χ4v) is 1.51. The van der Waals surface area contributed by atoms with Crippen LogP contribution in [0.3, 0.4) is 0 Å². The molecule has 1 aromatic carbocycles. The quantitative estimate of drug-likeness (QED) is 0.717. The number of benzene rings is 1. The van der Waals surface area contributed by atoms with Crippen molar-refractivity contribution in [2.24, 2.45) is 0 Å². The molecule has 0 N–H and O–H groups in total. The van der Waals surface area contributed by atoms with Crippen molar-refractivity contribution in [2.45, 2.75) is 0 Å². The largest absolute Gasteiger partial charge is 0.378 e. The summed E-state index contributed by atoms with van der Waals surface area (Å²) in [6, 6.07) is 11.2. The molecule has 0 saturated carbocycles. The molecule has 1 aromatic heterocycles. The van der Waals surface area contributed by atoms with Gasteiger partial charge in [0.25, 0.3) is 0 Å². The molecule has 0 aliphatic rings. The lowest BCUT2D eigenvalue weighted by molar-refractivity contribution is 0.584. The maximum atomic E-state index is 12.7. The number of pyridine rings is 1. The van der Waals surface area contributed by atoms with E-state index in [1.54, 1.807) is 12.3 Å². The summed E-state index contributed by atoms with van der Waals surface area (Å²) in [5.74, 6) is -0.451. The predicted molar refractivity (Wildman–Crippen MR) is 64.0 cm³/mol. The SMILES string of the molecule is CN(C)c1cccc(-c2ccc(F)nc2)c1. The highest BCUT2D eigenvalue weighted by molar-refractivity contribution is 5.67. The topological polar surface area (TPSA) is 16.1 Å². The van der Waals surface area contributed by atoms with E-state index in [0.717, 1.165) is 16.8 Å². The summed E-state index contributed by atoms with van der Waals surface area (Å²) in [7, 11) is 3.98. The number of rotatable bonds is 2. The van der Waals surface area contributed by atoms with Gasteiger partial charge in [-0.3, -0.25) is 0 Å². The van der Waals surface area contributed by atoms with Gasteiger partial charge in [0.2, 0.25) is 5.95 Å². The second-order valence-corrected chi connectivity index (χ2v) is 3.81. The van der Waals surface area contributed by atoms with Crippen molar-refractivity contribution in [3.05, 3.63) is 48.5 Å². The standard InChI is InChI=1S/C13H13FN2/c1-16(2)12-5-3-4-10(8-12)11-6-7-13(14)15-9-11/h3-9H,1-2H3. The molecule has 0 bridgehead atoms. The molecule has 0 fully saturated rings. The van der Waals surface area contributed by atoms with Crippen LogP contribution in [0.2, 0.25) is 0 Å². The van der Waals surface area contributed by atoms with Gasteiger partial charge in [0.05, 0.1) is 0 Å². The highest BCUT2D eigenvalue weighted by Gasteiger charge is 2.01. The average molecular weight is 216 g/mol. The Morgan fingerprint density at radius 1 is 1.06 bits per heavy atom. The van der Waals surface area contributed by atoms with Crippen LogP contribution in [0.1, 0.15) is 0 Å². The van der Waals surface area contributed by atoms with Crippen LogP contribution < -0.4 is 4.90 Å².